The predicted molar refractivity (Wildman–Crippen MR) is 151 cm³/mol. The van der Waals surface area contributed by atoms with Gasteiger partial charge < -0.3 is 20.5 Å². The molecule has 40 heavy (non-hydrogen) atoms. The fourth-order valence-corrected chi connectivity index (χ4v) is 6.21. The normalized spacial score (nSPS) is 12.2. The minimum atomic E-state index is -0.282. The zero-order valence-electron chi connectivity index (χ0n) is 21.8. The van der Waals surface area contributed by atoms with E-state index in [1.165, 1.54) is 17.7 Å². The molecule has 1 aliphatic rings. The van der Waals surface area contributed by atoms with E-state index in [2.05, 4.69) is 25.7 Å². The summed E-state index contributed by atoms with van der Waals surface area (Å²) in [6, 6.07) is 12.2. The van der Waals surface area contributed by atoms with Crippen molar-refractivity contribution < 1.29 is 19.0 Å². The van der Waals surface area contributed by atoms with Gasteiger partial charge in [-0.3, -0.25) is 9.48 Å². The third kappa shape index (κ3) is 5.13. The Labute approximate surface area is 233 Å². The van der Waals surface area contributed by atoms with Gasteiger partial charge in [-0.2, -0.15) is 5.10 Å². The average molecular weight is 559 g/mol. The smallest absolute Gasteiger partial charge is 0.241 e. The number of hydrogen-bond acceptors (Lipinski definition) is 8. The van der Waals surface area contributed by atoms with Crippen LogP contribution in [0.5, 0.6) is 5.75 Å². The molecule has 0 bridgehead atoms. The van der Waals surface area contributed by atoms with Gasteiger partial charge in [-0.1, -0.05) is 12.1 Å². The third-order valence-electron chi connectivity index (χ3n) is 6.84. The lowest BCUT2D eigenvalue weighted by atomic mass is 9.95. The van der Waals surface area contributed by atoms with Gasteiger partial charge in [0.1, 0.15) is 41.7 Å². The molecule has 5 aromatic rings. The molecule has 3 heterocycles. The van der Waals surface area contributed by atoms with Crippen molar-refractivity contribution in [3.8, 4) is 16.2 Å². The molecule has 0 saturated heterocycles. The monoisotopic (exact) mass is 558 g/mol. The number of aromatic nitrogens is 4. The largest absolute Gasteiger partial charge is 0.489 e. The third-order valence-corrected chi connectivity index (χ3v) is 8.01. The van der Waals surface area contributed by atoms with E-state index in [4.69, 9.17) is 9.84 Å². The molecule has 1 aliphatic carbocycles. The number of aryl methyl sites for hydroxylation is 2. The van der Waals surface area contributed by atoms with Gasteiger partial charge >= 0.3 is 0 Å². The Kier molecular flexibility index (Phi) is 7.14. The van der Waals surface area contributed by atoms with Gasteiger partial charge in [0.15, 0.2) is 0 Å². The topological polar surface area (TPSA) is 114 Å². The first-order chi connectivity index (χ1) is 19.5. The number of amides is 1. The highest BCUT2D eigenvalue weighted by molar-refractivity contribution is 7.22. The summed E-state index contributed by atoms with van der Waals surface area (Å²) in [7, 11) is 0. The van der Waals surface area contributed by atoms with E-state index in [1.807, 2.05) is 37.4 Å². The second kappa shape index (κ2) is 11.0. The van der Waals surface area contributed by atoms with Crippen LogP contribution < -0.4 is 15.4 Å². The van der Waals surface area contributed by atoms with Crippen molar-refractivity contribution in [3.05, 3.63) is 83.2 Å². The Morgan fingerprint density at radius 1 is 1.20 bits per heavy atom. The molecular weight excluding hydrogens is 531 g/mol. The SMILES string of the molecule is Cc1cc(Nc2ncnc3sc4c(c23)CCc2c-4cnn2CC(=O)NCCO)ccc1OCc1cccc(F)c1. The Balaban J connectivity index is 1.23. The van der Waals surface area contributed by atoms with Crippen LogP contribution in [0.3, 0.4) is 0 Å². The summed E-state index contributed by atoms with van der Waals surface area (Å²) >= 11 is 1.60. The molecule has 0 unspecified atom stereocenters. The first-order valence-electron chi connectivity index (χ1n) is 12.9. The summed E-state index contributed by atoms with van der Waals surface area (Å²) in [4.78, 5) is 23.3. The van der Waals surface area contributed by atoms with Crippen LogP contribution in [0.25, 0.3) is 20.7 Å². The van der Waals surface area contributed by atoms with Gasteiger partial charge in [0.05, 0.1) is 18.2 Å². The molecule has 9 nitrogen and oxygen atoms in total. The van der Waals surface area contributed by atoms with Crippen LogP contribution in [0.15, 0.2) is 55.0 Å². The van der Waals surface area contributed by atoms with E-state index in [9.17, 15) is 9.18 Å². The number of thiophene rings is 1. The van der Waals surface area contributed by atoms with Gasteiger partial charge in [-0.25, -0.2) is 14.4 Å². The minimum Gasteiger partial charge on any atom is -0.489 e. The van der Waals surface area contributed by atoms with Gasteiger partial charge in [0.2, 0.25) is 5.91 Å². The van der Waals surface area contributed by atoms with Gasteiger partial charge in [0.25, 0.3) is 0 Å². The lowest BCUT2D eigenvalue weighted by molar-refractivity contribution is -0.122. The fraction of sp³-hybridized carbons (Fsp3) is 0.241. The minimum absolute atomic E-state index is 0.0977. The highest BCUT2D eigenvalue weighted by Gasteiger charge is 2.27. The molecule has 11 heteroatoms. The van der Waals surface area contributed by atoms with Gasteiger partial charge in [-0.05, 0) is 66.8 Å². The first-order valence-corrected chi connectivity index (χ1v) is 13.8. The van der Waals surface area contributed by atoms with E-state index in [1.54, 1.807) is 28.4 Å². The zero-order valence-corrected chi connectivity index (χ0v) is 22.6. The van der Waals surface area contributed by atoms with Gasteiger partial charge in [-0.15, -0.1) is 11.3 Å². The molecular formula is C29H27FN6O3S. The van der Waals surface area contributed by atoms with Crippen molar-refractivity contribution in [2.75, 3.05) is 18.5 Å². The van der Waals surface area contributed by atoms with Gasteiger partial charge in [0, 0.05) is 28.4 Å². The van der Waals surface area contributed by atoms with E-state index in [0.717, 1.165) is 67.6 Å². The molecule has 6 rings (SSSR count). The molecule has 204 valence electrons. The summed E-state index contributed by atoms with van der Waals surface area (Å²) < 4.78 is 21.2. The molecule has 0 spiro atoms. The number of carbonyl (C=O) groups is 1. The van der Waals surface area contributed by atoms with E-state index in [-0.39, 0.29) is 38.0 Å². The highest BCUT2D eigenvalue weighted by Crippen LogP contribution is 2.45. The summed E-state index contributed by atoms with van der Waals surface area (Å²) in [5, 5.41) is 20.6. The first kappa shape index (κ1) is 25.9. The van der Waals surface area contributed by atoms with Crippen molar-refractivity contribution in [2.45, 2.75) is 32.9 Å². The molecule has 0 fully saturated rings. The molecule has 2 aromatic carbocycles. The maximum absolute atomic E-state index is 13.5. The van der Waals surface area contributed by atoms with Crippen LogP contribution >= 0.6 is 11.3 Å². The number of halogens is 1. The van der Waals surface area contributed by atoms with Crippen LogP contribution in [-0.4, -0.2) is 43.9 Å². The van der Waals surface area contributed by atoms with Crippen LogP contribution in [0.2, 0.25) is 0 Å². The van der Waals surface area contributed by atoms with Crippen LogP contribution in [0, 0.1) is 12.7 Å². The Bertz CT molecular complexity index is 1720. The molecule has 1 amide bonds. The number of hydrogen-bond donors (Lipinski definition) is 3. The number of nitrogens with zero attached hydrogens (tertiary/aromatic N) is 4. The molecule has 0 atom stereocenters. The van der Waals surface area contributed by atoms with Crippen LogP contribution in [0.1, 0.15) is 22.4 Å². The van der Waals surface area contributed by atoms with Crippen LogP contribution in [0.4, 0.5) is 15.9 Å². The standard InChI is InChI=1S/C29H27FN6O3S/c1-17-11-20(5-8-24(17)39-15-18-3-2-4-19(30)12-18)35-28-26-21-6-7-23-22(27(21)40-29(26)33-16-32-28)13-34-36(23)14-25(38)31-9-10-37/h2-5,8,11-13,16,37H,6-7,9-10,14-15H2,1H3,(H,31,38)(H,32,33,35). The maximum atomic E-state index is 13.5. The summed E-state index contributed by atoms with van der Waals surface area (Å²) in [6.07, 6.45) is 4.90. The predicted octanol–water partition coefficient (Wildman–Crippen LogP) is 4.53. The van der Waals surface area contributed by atoms with Crippen molar-refractivity contribution in [2.24, 2.45) is 0 Å². The molecule has 3 N–H and O–H groups in total. The quantitative estimate of drug-likeness (QED) is 0.244. The molecule has 0 radical (unpaired) electrons. The van der Waals surface area contributed by atoms with Crippen molar-refractivity contribution >= 4 is 39.0 Å². The van der Waals surface area contributed by atoms with E-state index in [0.29, 0.717) is 0 Å². The lowest BCUT2D eigenvalue weighted by Gasteiger charge is -2.16. The van der Waals surface area contributed by atoms with Crippen molar-refractivity contribution in [1.29, 1.82) is 0 Å². The second-order valence-electron chi connectivity index (χ2n) is 9.57. The lowest BCUT2D eigenvalue weighted by Crippen LogP contribution is -2.31. The number of anilines is 2. The number of benzene rings is 2. The number of carbonyl (C=O) groups excluding carboxylic acids is 1. The number of fused-ring (bicyclic) bond motifs is 5. The Morgan fingerprint density at radius 3 is 2.92 bits per heavy atom. The molecule has 0 saturated carbocycles. The van der Waals surface area contributed by atoms with Crippen molar-refractivity contribution in [3.63, 3.8) is 0 Å². The summed E-state index contributed by atoms with van der Waals surface area (Å²) in [6.45, 7) is 2.49. The molecule has 0 aliphatic heterocycles. The Hall–Kier alpha value is -4.35. The number of rotatable bonds is 9. The fourth-order valence-electron chi connectivity index (χ4n) is 4.99. The second-order valence-corrected chi connectivity index (χ2v) is 10.6. The summed E-state index contributed by atoms with van der Waals surface area (Å²) in [5.41, 5.74) is 5.79. The van der Waals surface area contributed by atoms with Crippen LogP contribution in [-0.2, 0) is 30.8 Å². The van der Waals surface area contributed by atoms with E-state index >= 15 is 0 Å². The zero-order chi connectivity index (χ0) is 27.6. The van der Waals surface area contributed by atoms with Crippen molar-refractivity contribution in [1.82, 2.24) is 25.1 Å². The highest BCUT2D eigenvalue weighted by atomic mass is 32.1. The maximum Gasteiger partial charge on any atom is 0.241 e. The summed E-state index contributed by atoms with van der Waals surface area (Å²) in [5.74, 6) is 0.996. The average Bonchev–Trinajstić information content (AvgIpc) is 3.53. The Morgan fingerprint density at radius 2 is 2.10 bits per heavy atom. The number of ether oxygens (including phenoxy) is 1. The molecule has 3 aromatic heterocycles. The van der Waals surface area contributed by atoms with E-state index < -0.39 is 0 Å². The number of nitrogens with one attached hydrogen (secondary N) is 2. The number of aliphatic hydroxyl groups is 1. The number of aliphatic hydroxyl groups excluding tert-OH is 1.